The molecular formula is C15H17BrN2O3. The van der Waals surface area contributed by atoms with Gasteiger partial charge in [-0.05, 0) is 52.7 Å². The van der Waals surface area contributed by atoms with E-state index >= 15 is 0 Å². The Morgan fingerprint density at radius 2 is 1.86 bits per heavy atom. The van der Waals surface area contributed by atoms with Gasteiger partial charge in [-0.25, -0.2) is 0 Å². The van der Waals surface area contributed by atoms with E-state index in [-0.39, 0.29) is 5.56 Å². The number of aromatic nitrogens is 1. The van der Waals surface area contributed by atoms with Gasteiger partial charge in [-0.2, -0.15) is 0 Å². The van der Waals surface area contributed by atoms with E-state index < -0.39 is 0 Å². The molecule has 0 aliphatic rings. The lowest BCUT2D eigenvalue weighted by Gasteiger charge is -2.11. The largest absolute Gasteiger partial charge is 0.497 e. The van der Waals surface area contributed by atoms with Crippen molar-refractivity contribution in [2.24, 2.45) is 0 Å². The monoisotopic (exact) mass is 352 g/mol. The lowest BCUT2D eigenvalue weighted by atomic mass is 10.2. The van der Waals surface area contributed by atoms with Crippen LogP contribution in [0.15, 0.2) is 39.7 Å². The van der Waals surface area contributed by atoms with Gasteiger partial charge in [-0.15, -0.1) is 0 Å². The Morgan fingerprint density at radius 1 is 1.24 bits per heavy atom. The molecule has 0 saturated heterocycles. The molecule has 6 heteroatoms. The third kappa shape index (κ3) is 3.58. The molecule has 2 rings (SSSR count). The van der Waals surface area contributed by atoms with Crippen LogP contribution in [0.1, 0.15) is 5.56 Å². The lowest BCUT2D eigenvalue weighted by Crippen LogP contribution is -2.24. The van der Waals surface area contributed by atoms with Gasteiger partial charge in [0.2, 0.25) is 0 Å². The summed E-state index contributed by atoms with van der Waals surface area (Å²) in [5, 5.41) is 0. The third-order valence-electron chi connectivity index (χ3n) is 3.17. The summed E-state index contributed by atoms with van der Waals surface area (Å²) in [6.07, 6.45) is 1.64. The van der Waals surface area contributed by atoms with Gasteiger partial charge in [-0.3, -0.25) is 4.79 Å². The van der Waals surface area contributed by atoms with Crippen molar-refractivity contribution in [1.29, 1.82) is 0 Å². The number of nitrogens with two attached hydrogens (primary N) is 1. The fourth-order valence-corrected chi connectivity index (χ4v) is 2.29. The zero-order chi connectivity index (χ0) is 15.4. The van der Waals surface area contributed by atoms with Crippen molar-refractivity contribution in [3.8, 4) is 11.5 Å². The predicted molar refractivity (Wildman–Crippen MR) is 86.0 cm³/mol. The van der Waals surface area contributed by atoms with Crippen LogP contribution in [0.2, 0.25) is 0 Å². The smallest absolute Gasteiger partial charge is 0.265 e. The molecule has 112 valence electrons. The Balaban J connectivity index is 2.02. The van der Waals surface area contributed by atoms with Crippen molar-refractivity contribution in [1.82, 2.24) is 4.57 Å². The first-order valence-electron chi connectivity index (χ1n) is 6.45. The molecule has 2 aromatic rings. The summed E-state index contributed by atoms with van der Waals surface area (Å²) < 4.78 is 12.7. The maximum absolute atomic E-state index is 12.1. The van der Waals surface area contributed by atoms with Crippen LogP contribution in [0, 0.1) is 6.92 Å². The molecule has 1 aromatic heterocycles. The highest BCUT2D eigenvalue weighted by atomic mass is 79.9. The molecule has 0 atom stereocenters. The lowest BCUT2D eigenvalue weighted by molar-refractivity contribution is 0.295. The zero-order valence-corrected chi connectivity index (χ0v) is 13.5. The molecular weight excluding hydrogens is 336 g/mol. The Hall–Kier alpha value is -1.95. The second-order valence-electron chi connectivity index (χ2n) is 4.55. The molecule has 1 heterocycles. The van der Waals surface area contributed by atoms with E-state index in [0.29, 0.717) is 23.3 Å². The van der Waals surface area contributed by atoms with E-state index in [1.54, 1.807) is 20.2 Å². The van der Waals surface area contributed by atoms with Gasteiger partial charge in [0.1, 0.15) is 18.1 Å². The third-order valence-corrected chi connectivity index (χ3v) is 4.10. The molecule has 0 unspecified atom stereocenters. The first-order valence-corrected chi connectivity index (χ1v) is 7.24. The molecule has 0 radical (unpaired) electrons. The highest BCUT2D eigenvalue weighted by Gasteiger charge is 2.08. The first-order chi connectivity index (χ1) is 10.0. The van der Waals surface area contributed by atoms with Crippen molar-refractivity contribution in [3.63, 3.8) is 0 Å². The second-order valence-corrected chi connectivity index (χ2v) is 5.34. The van der Waals surface area contributed by atoms with Crippen LogP contribution in [-0.2, 0) is 6.54 Å². The Kier molecular flexibility index (Phi) is 4.90. The van der Waals surface area contributed by atoms with Crippen molar-refractivity contribution in [2.45, 2.75) is 13.5 Å². The number of rotatable bonds is 5. The number of hydrogen-bond donors (Lipinski definition) is 1. The minimum Gasteiger partial charge on any atom is -0.497 e. The van der Waals surface area contributed by atoms with E-state index in [1.807, 2.05) is 24.3 Å². The average molecular weight is 353 g/mol. The number of halogens is 1. The van der Waals surface area contributed by atoms with Gasteiger partial charge in [0.15, 0.2) is 0 Å². The molecule has 2 N–H and O–H groups in total. The van der Waals surface area contributed by atoms with E-state index in [0.717, 1.165) is 17.1 Å². The number of anilines is 1. The molecule has 21 heavy (non-hydrogen) atoms. The first kappa shape index (κ1) is 15.4. The highest BCUT2D eigenvalue weighted by molar-refractivity contribution is 9.10. The maximum Gasteiger partial charge on any atom is 0.265 e. The number of nitrogen functional groups attached to an aromatic ring is 1. The topological polar surface area (TPSA) is 66.5 Å². The summed E-state index contributed by atoms with van der Waals surface area (Å²) in [6.45, 7) is 2.61. The molecule has 5 nitrogen and oxygen atoms in total. The van der Waals surface area contributed by atoms with Crippen LogP contribution >= 0.6 is 15.9 Å². The summed E-state index contributed by atoms with van der Waals surface area (Å²) in [5.74, 6) is 1.50. The number of pyridine rings is 1. The molecule has 0 aliphatic carbocycles. The van der Waals surface area contributed by atoms with Gasteiger partial charge in [-0.1, -0.05) is 0 Å². The summed E-state index contributed by atoms with van der Waals surface area (Å²) in [6, 6.07) is 7.28. The average Bonchev–Trinajstić information content (AvgIpc) is 2.51. The van der Waals surface area contributed by atoms with Crippen molar-refractivity contribution >= 4 is 21.6 Å². The molecule has 1 aromatic carbocycles. The number of benzene rings is 1. The van der Waals surface area contributed by atoms with Crippen LogP contribution < -0.4 is 20.8 Å². The van der Waals surface area contributed by atoms with Gasteiger partial charge < -0.3 is 19.8 Å². The molecule has 0 amide bonds. The SMILES string of the molecule is COc1ccc(OCCn2cc(N)c(C)c(Br)c2=O)cc1. The van der Waals surface area contributed by atoms with Gasteiger partial charge in [0, 0.05) is 6.20 Å². The fourth-order valence-electron chi connectivity index (χ4n) is 1.84. The molecule has 0 spiro atoms. The Morgan fingerprint density at radius 3 is 2.48 bits per heavy atom. The molecule has 0 bridgehead atoms. The maximum atomic E-state index is 12.1. The summed E-state index contributed by atoms with van der Waals surface area (Å²) in [5.41, 5.74) is 7.08. The summed E-state index contributed by atoms with van der Waals surface area (Å²) in [7, 11) is 1.61. The van der Waals surface area contributed by atoms with Crippen molar-refractivity contribution < 1.29 is 9.47 Å². The van der Waals surface area contributed by atoms with Crippen LogP contribution in [0.3, 0.4) is 0 Å². The normalized spacial score (nSPS) is 10.4. The number of ether oxygens (including phenoxy) is 2. The summed E-state index contributed by atoms with van der Waals surface area (Å²) >= 11 is 3.27. The van der Waals surface area contributed by atoms with Crippen molar-refractivity contribution in [3.05, 3.63) is 50.9 Å². The van der Waals surface area contributed by atoms with E-state index in [4.69, 9.17) is 15.2 Å². The highest BCUT2D eigenvalue weighted by Crippen LogP contribution is 2.18. The van der Waals surface area contributed by atoms with E-state index in [9.17, 15) is 4.79 Å². The number of hydrogen-bond acceptors (Lipinski definition) is 4. The van der Waals surface area contributed by atoms with Crippen LogP contribution in [0.25, 0.3) is 0 Å². The number of methoxy groups -OCH3 is 1. The van der Waals surface area contributed by atoms with Crippen molar-refractivity contribution in [2.75, 3.05) is 19.5 Å². The van der Waals surface area contributed by atoms with Gasteiger partial charge >= 0.3 is 0 Å². The van der Waals surface area contributed by atoms with E-state index in [2.05, 4.69) is 15.9 Å². The quantitative estimate of drug-likeness (QED) is 0.897. The van der Waals surface area contributed by atoms with E-state index in [1.165, 1.54) is 4.57 Å². The standard InChI is InChI=1S/C15H17BrN2O3/c1-10-13(17)9-18(15(19)14(10)16)7-8-21-12-5-3-11(20-2)4-6-12/h3-6,9H,7-8,17H2,1-2H3. The molecule has 0 aliphatic heterocycles. The Bertz CT molecular complexity index is 681. The number of nitrogens with zero attached hydrogens (tertiary/aromatic N) is 1. The molecule has 0 fully saturated rings. The fraction of sp³-hybridized carbons (Fsp3) is 0.267. The minimum absolute atomic E-state index is 0.111. The zero-order valence-electron chi connectivity index (χ0n) is 11.9. The summed E-state index contributed by atoms with van der Waals surface area (Å²) in [4.78, 5) is 12.1. The Labute approximate surface area is 131 Å². The second kappa shape index (κ2) is 6.67. The van der Waals surface area contributed by atoms with Crippen LogP contribution in [0.4, 0.5) is 5.69 Å². The predicted octanol–water partition coefficient (Wildman–Crippen LogP) is 2.59. The minimum atomic E-state index is -0.111. The van der Waals surface area contributed by atoms with Crippen LogP contribution in [0.5, 0.6) is 11.5 Å². The van der Waals surface area contributed by atoms with Gasteiger partial charge in [0.25, 0.3) is 5.56 Å². The molecule has 0 saturated carbocycles. The van der Waals surface area contributed by atoms with Crippen LogP contribution in [-0.4, -0.2) is 18.3 Å². The van der Waals surface area contributed by atoms with Gasteiger partial charge in [0.05, 0.1) is 23.8 Å².